The Bertz CT molecular complexity index is 1140. The van der Waals surface area contributed by atoms with Crippen molar-refractivity contribution in [3.05, 3.63) is 52.9 Å². The Hall–Kier alpha value is -2.70. The van der Waals surface area contributed by atoms with Crippen LogP contribution in [0.25, 0.3) is 22.0 Å². The Morgan fingerprint density at radius 1 is 1.22 bits per heavy atom. The van der Waals surface area contributed by atoms with E-state index in [0.29, 0.717) is 23.1 Å². The van der Waals surface area contributed by atoms with E-state index >= 15 is 0 Å². The van der Waals surface area contributed by atoms with Gasteiger partial charge in [-0.2, -0.15) is 0 Å². The van der Waals surface area contributed by atoms with Crippen molar-refractivity contribution in [1.82, 2.24) is 4.98 Å². The lowest BCUT2D eigenvalue weighted by atomic mass is 9.91. The summed E-state index contributed by atoms with van der Waals surface area (Å²) in [5.74, 6) is -1.31. The molecule has 0 aliphatic heterocycles. The molecule has 1 fully saturated rings. The molecule has 1 aliphatic carbocycles. The lowest BCUT2D eigenvalue weighted by molar-refractivity contribution is 0.0982. The van der Waals surface area contributed by atoms with Crippen molar-refractivity contribution >= 4 is 34.0 Å². The number of pyridine rings is 1. The lowest BCUT2D eigenvalue weighted by Crippen LogP contribution is -2.33. The number of nitrogens with one attached hydrogen (secondary N) is 1. The van der Waals surface area contributed by atoms with Crippen LogP contribution in [0.1, 0.15) is 55.8 Å². The van der Waals surface area contributed by atoms with Crippen LogP contribution in [0.15, 0.2) is 36.5 Å². The molecule has 1 aromatic heterocycles. The normalized spacial score (nSPS) is 18.6. The molecule has 168 valence electrons. The summed E-state index contributed by atoms with van der Waals surface area (Å²) in [6, 6.07) is 8.79. The summed E-state index contributed by atoms with van der Waals surface area (Å²) < 4.78 is 14.1. The van der Waals surface area contributed by atoms with Crippen LogP contribution in [0.5, 0.6) is 5.75 Å². The van der Waals surface area contributed by atoms with Crippen molar-refractivity contribution < 1.29 is 14.3 Å². The third kappa shape index (κ3) is 4.57. The van der Waals surface area contributed by atoms with Gasteiger partial charge in [0, 0.05) is 30.1 Å². The number of Topliss-reactive ketones (excluding diaryl/α,β-unsaturated/α-hetero) is 1. The Morgan fingerprint density at radius 3 is 2.66 bits per heavy atom. The fourth-order valence-electron chi connectivity index (χ4n) is 4.30. The number of phenols is 1. The summed E-state index contributed by atoms with van der Waals surface area (Å²) in [7, 11) is 0. The van der Waals surface area contributed by atoms with Crippen LogP contribution in [-0.4, -0.2) is 28.0 Å². The number of rotatable bonds is 6. The number of aromatic hydroxyl groups is 1. The summed E-state index contributed by atoms with van der Waals surface area (Å²) >= 11 is 5.99. The largest absolute Gasteiger partial charge is 0.504 e. The molecule has 1 heterocycles. The van der Waals surface area contributed by atoms with Gasteiger partial charge < -0.3 is 16.2 Å². The number of phenolic OH excluding ortho intramolecular Hbond substituents is 1. The number of aromatic nitrogens is 1. The average Bonchev–Trinajstić information content (AvgIpc) is 2.78. The van der Waals surface area contributed by atoms with E-state index < -0.39 is 11.6 Å². The minimum absolute atomic E-state index is 0.0426. The van der Waals surface area contributed by atoms with Crippen LogP contribution in [0, 0.1) is 5.82 Å². The molecule has 1 aliphatic rings. The number of hydrogen-bond donors (Lipinski definition) is 3. The number of benzene rings is 2. The molecule has 0 spiro atoms. The first-order valence-electron chi connectivity index (χ1n) is 11.0. The molecule has 0 atom stereocenters. The number of hydrogen-bond acceptors (Lipinski definition) is 5. The highest BCUT2D eigenvalue weighted by atomic mass is 35.5. The number of halogens is 2. The molecule has 32 heavy (non-hydrogen) atoms. The van der Waals surface area contributed by atoms with Crippen LogP contribution in [0.3, 0.4) is 0 Å². The van der Waals surface area contributed by atoms with Gasteiger partial charge in [-0.15, -0.1) is 0 Å². The highest BCUT2D eigenvalue weighted by Crippen LogP contribution is 2.36. The number of anilines is 1. The van der Waals surface area contributed by atoms with Crippen LogP contribution in [0.4, 0.5) is 10.1 Å². The molecule has 3 aromatic rings. The van der Waals surface area contributed by atoms with E-state index in [9.17, 15) is 14.3 Å². The van der Waals surface area contributed by atoms with Gasteiger partial charge in [0.05, 0.1) is 21.8 Å². The van der Waals surface area contributed by atoms with Gasteiger partial charge in [-0.25, -0.2) is 4.39 Å². The van der Waals surface area contributed by atoms with Crippen molar-refractivity contribution in [2.45, 2.75) is 57.5 Å². The van der Waals surface area contributed by atoms with Gasteiger partial charge in [-0.1, -0.05) is 24.6 Å². The van der Waals surface area contributed by atoms with E-state index in [-0.39, 0.29) is 22.9 Å². The predicted octanol–water partition coefficient (Wildman–Crippen LogP) is 6.06. The third-order valence-electron chi connectivity index (χ3n) is 6.12. The smallest absolute Gasteiger partial charge is 0.170 e. The van der Waals surface area contributed by atoms with E-state index in [1.54, 1.807) is 6.20 Å². The van der Waals surface area contributed by atoms with E-state index in [1.807, 2.05) is 25.1 Å². The predicted molar refractivity (Wildman–Crippen MR) is 127 cm³/mol. The maximum absolute atomic E-state index is 14.1. The summed E-state index contributed by atoms with van der Waals surface area (Å²) in [5.41, 5.74) is 9.39. The van der Waals surface area contributed by atoms with E-state index in [2.05, 4.69) is 10.3 Å². The minimum atomic E-state index is -0.783. The lowest BCUT2D eigenvalue weighted by Gasteiger charge is -2.29. The summed E-state index contributed by atoms with van der Waals surface area (Å²) in [6.45, 7) is 1.98. The summed E-state index contributed by atoms with van der Waals surface area (Å²) in [4.78, 5) is 17.4. The zero-order chi connectivity index (χ0) is 22.8. The number of nitrogens with zero attached hydrogens (tertiary/aromatic N) is 1. The second kappa shape index (κ2) is 9.43. The number of fused-ring (bicyclic) bond motifs is 1. The number of nitrogens with two attached hydrogens (primary N) is 1. The second-order valence-electron chi connectivity index (χ2n) is 8.50. The standard InChI is InChI=1S/C25H27ClFN3O2/c1-2-3-23(31)19-13-29-22-9-4-14(15-11-20(26)25(32)21(27)12-15)10-18(22)24(19)30-17-7-5-16(28)6-8-17/h4,9-13,16-17,32H,2-3,5-8,28H2,1H3,(H,29,30). The molecule has 7 heteroatoms. The van der Waals surface area contributed by atoms with Crippen LogP contribution in [-0.2, 0) is 0 Å². The zero-order valence-electron chi connectivity index (χ0n) is 18.0. The maximum Gasteiger partial charge on any atom is 0.170 e. The molecule has 4 N–H and O–H groups in total. The highest BCUT2D eigenvalue weighted by molar-refractivity contribution is 6.32. The molecular formula is C25H27ClFN3O2. The van der Waals surface area contributed by atoms with Gasteiger partial charge in [0.1, 0.15) is 0 Å². The quantitative estimate of drug-likeness (QED) is 0.393. The van der Waals surface area contributed by atoms with Gasteiger partial charge in [0.25, 0.3) is 0 Å². The fraction of sp³-hybridized carbons (Fsp3) is 0.360. The Balaban J connectivity index is 1.83. The molecule has 0 unspecified atom stereocenters. The first-order chi connectivity index (χ1) is 15.4. The second-order valence-corrected chi connectivity index (χ2v) is 8.90. The minimum Gasteiger partial charge on any atom is -0.504 e. The Kier molecular flexibility index (Phi) is 6.63. The first kappa shape index (κ1) is 22.5. The number of carbonyl (C=O) groups is 1. The SMILES string of the molecule is CCCC(=O)c1cnc2ccc(-c3cc(F)c(O)c(Cl)c3)cc2c1NC1CCC(N)CC1. The van der Waals surface area contributed by atoms with E-state index in [1.165, 1.54) is 12.1 Å². The summed E-state index contributed by atoms with van der Waals surface area (Å²) in [5, 5.41) is 14.0. The number of carbonyl (C=O) groups excluding carboxylic acids is 1. The van der Waals surface area contributed by atoms with Crippen molar-refractivity contribution in [2.75, 3.05) is 5.32 Å². The molecule has 4 rings (SSSR count). The molecule has 0 bridgehead atoms. The average molecular weight is 456 g/mol. The van der Waals surface area contributed by atoms with Gasteiger partial charge in [0.15, 0.2) is 17.3 Å². The van der Waals surface area contributed by atoms with Crippen molar-refractivity contribution in [3.8, 4) is 16.9 Å². The molecule has 1 saturated carbocycles. The Morgan fingerprint density at radius 2 is 1.97 bits per heavy atom. The van der Waals surface area contributed by atoms with Crippen LogP contribution in [0.2, 0.25) is 5.02 Å². The molecule has 5 nitrogen and oxygen atoms in total. The third-order valence-corrected chi connectivity index (χ3v) is 6.40. The van der Waals surface area contributed by atoms with E-state index in [0.717, 1.165) is 48.7 Å². The van der Waals surface area contributed by atoms with Crippen molar-refractivity contribution in [2.24, 2.45) is 5.73 Å². The van der Waals surface area contributed by atoms with Gasteiger partial charge in [0.2, 0.25) is 0 Å². The topological polar surface area (TPSA) is 88.2 Å². The molecule has 0 amide bonds. The van der Waals surface area contributed by atoms with Crippen LogP contribution >= 0.6 is 11.6 Å². The monoisotopic (exact) mass is 455 g/mol. The van der Waals surface area contributed by atoms with Gasteiger partial charge >= 0.3 is 0 Å². The van der Waals surface area contributed by atoms with E-state index in [4.69, 9.17) is 17.3 Å². The van der Waals surface area contributed by atoms with Gasteiger partial charge in [-0.3, -0.25) is 9.78 Å². The first-order valence-corrected chi connectivity index (χ1v) is 11.4. The Labute approximate surface area is 191 Å². The van der Waals surface area contributed by atoms with Crippen molar-refractivity contribution in [3.63, 3.8) is 0 Å². The van der Waals surface area contributed by atoms with Crippen LogP contribution < -0.4 is 11.1 Å². The molecule has 2 aromatic carbocycles. The van der Waals surface area contributed by atoms with Crippen molar-refractivity contribution in [1.29, 1.82) is 0 Å². The summed E-state index contributed by atoms with van der Waals surface area (Å²) in [6.07, 6.45) is 6.59. The van der Waals surface area contributed by atoms with Gasteiger partial charge in [-0.05, 0) is 67.5 Å². The molecule has 0 radical (unpaired) electrons. The highest BCUT2D eigenvalue weighted by Gasteiger charge is 2.22. The number of ketones is 1. The maximum atomic E-state index is 14.1. The molecular weight excluding hydrogens is 429 g/mol. The zero-order valence-corrected chi connectivity index (χ0v) is 18.8. The fourth-order valence-corrected chi connectivity index (χ4v) is 4.51. The molecule has 0 saturated heterocycles.